The molecule has 0 N–H and O–H groups in total. The Hall–Kier alpha value is -3.39. The number of anilines is 1. The number of carbonyl (C=O) groups is 1. The summed E-state index contributed by atoms with van der Waals surface area (Å²) in [6.07, 6.45) is 5.78. The van der Waals surface area contributed by atoms with Crippen LogP contribution in [-0.4, -0.2) is 49.7 Å². The Morgan fingerprint density at radius 1 is 1.00 bits per heavy atom. The molecule has 0 aliphatic rings. The van der Waals surface area contributed by atoms with Gasteiger partial charge < -0.3 is 14.4 Å². The summed E-state index contributed by atoms with van der Waals surface area (Å²) in [4.78, 5) is 26.1. The summed E-state index contributed by atoms with van der Waals surface area (Å²) in [7, 11) is 3.69. The second-order valence-electron chi connectivity index (χ2n) is 7.49. The fourth-order valence-electron chi connectivity index (χ4n) is 3.02. The molecule has 0 saturated heterocycles. The summed E-state index contributed by atoms with van der Waals surface area (Å²) in [6, 6.07) is 12.5. The number of non-ortho nitro benzene ring substituents is 1. The van der Waals surface area contributed by atoms with E-state index in [0.29, 0.717) is 12.3 Å². The minimum Gasteiger partial charge on any atom is -0.494 e. The first kappa shape index (κ1) is 24.9. The number of carbonyl (C=O) groups excluding carboxylic acids is 1. The van der Waals surface area contributed by atoms with E-state index in [4.69, 9.17) is 9.47 Å². The predicted molar refractivity (Wildman–Crippen MR) is 126 cm³/mol. The third-order valence-electron chi connectivity index (χ3n) is 4.89. The van der Waals surface area contributed by atoms with Gasteiger partial charge in [-0.3, -0.25) is 15.0 Å². The molecule has 0 aromatic heterocycles. The predicted octanol–water partition coefficient (Wildman–Crippen LogP) is 5.29. The molecule has 0 spiro atoms. The van der Waals surface area contributed by atoms with Gasteiger partial charge in [-0.1, -0.05) is 18.9 Å². The molecule has 0 aliphatic heterocycles. The van der Waals surface area contributed by atoms with Crippen molar-refractivity contribution in [2.75, 3.05) is 38.7 Å². The van der Waals surface area contributed by atoms with E-state index < -0.39 is 11.0 Å². The highest BCUT2D eigenvalue weighted by atomic mass is 16.6. The molecule has 0 unspecified atom stereocenters. The SMILES string of the molecule is C=CCN(C)CCCCCCOc1ccc(N(C)C(=O)Oc2ccc([N+](=O)[O-])cc2)cc1. The van der Waals surface area contributed by atoms with Crippen molar-refractivity contribution in [3.63, 3.8) is 0 Å². The van der Waals surface area contributed by atoms with Crippen molar-refractivity contribution in [1.82, 2.24) is 4.90 Å². The number of nitro benzene ring substituents is 1. The van der Waals surface area contributed by atoms with Crippen molar-refractivity contribution in [2.24, 2.45) is 0 Å². The lowest BCUT2D eigenvalue weighted by molar-refractivity contribution is -0.384. The van der Waals surface area contributed by atoms with Gasteiger partial charge in [0.15, 0.2) is 0 Å². The highest BCUT2D eigenvalue weighted by Gasteiger charge is 2.14. The summed E-state index contributed by atoms with van der Waals surface area (Å²) < 4.78 is 11.0. The van der Waals surface area contributed by atoms with Crippen molar-refractivity contribution in [3.05, 3.63) is 71.3 Å². The fourth-order valence-corrected chi connectivity index (χ4v) is 3.02. The Morgan fingerprint density at radius 2 is 1.62 bits per heavy atom. The fraction of sp³-hybridized carbons (Fsp3) is 0.375. The zero-order chi connectivity index (χ0) is 23.3. The molecule has 0 atom stereocenters. The quantitative estimate of drug-likeness (QED) is 0.182. The maximum Gasteiger partial charge on any atom is 0.419 e. The molecule has 0 bridgehead atoms. The Kier molecular flexibility index (Phi) is 10.2. The van der Waals surface area contributed by atoms with Crippen LogP contribution in [0.3, 0.4) is 0 Å². The van der Waals surface area contributed by atoms with Crippen molar-refractivity contribution in [3.8, 4) is 11.5 Å². The molecule has 2 rings (SSSR count). The van der Waals surface area contributed by atoms with E-state index in [-0.39, 0.29) is 11.4 Å². The lowest BCUT2D eigenvalue weighted by Gasteiger charge is -2.17. The van der Waals surface area contributed by atoms with Gasteiger partial charge in [0.25, 0.3) is 5.69 Å². The van der Waals surface area contributed by atoms with Gasteiger partial charge in [0.2, 0.25) is 0 Å². The number of hydrogen-bond acceptors (Lipinski definition) is 6. The second-order valence-corrected chi connectivity index (χ2v) is 7.49. The molecule has 0 saturated carbocycles. The smallest absolute Gasteiger partial charge is 0.419 e. The Labute approximate surface area is 189 Å². The maximum atomic E-state index is 12.3. The van der Waals surface area contributed by atoms with Crippen LogP contribution >= 0.6 is 0 Å². The molecular weight excluding hydrogens is 410 g/mol. The first-order valence-electron chi connectivity index (χ1n) is 10.6. The standard InChI is InChI=1S/C24H31N3O5/c1-4-17-25(2)18-7-5-6-8-19-31-22-13-9-20(10-14-22)26(3)24(28)32-23-15-11-21(12-16-23)27(29)30/h4,9-16H,1,5-8,17-19H2,2-3H3. The maximum absolute atomic E-state index is 12.3. The van der Waals surface area contributed by atoms with Gasteiger partial charge >= 0.3 is 6.09 Å². The first-order chi connectivity index (χ1) is 15.4. The highest BCUT2D eigenvalue weighted by molar-refractivity contribution is 5.88. The Bertz CT molecular complexity index is 868. The molecule has 2 aromatic rings. The van der Waals surface area contributed by atoms with Crippen LogP contribution in [0.25, 0.3) is 0 Å². The van der Waals surface area contributed by atoms with Gasteiger partial charge in [-0.15, -0.1) is 6.58 Å². The molecule has 172 valence electrons. The number of benzene rings is 2. The molecule has 0 radical (unpaired) electrons. The summed E-state index contributed by atoms with van der Waals surface area (Å²) in [5.74, 6) is 0.983. The highest BCUT2D eigenvalue weighted by Crippen LogP contribution is 2.22. The van der Waals surface area contributed by atoms with E-state index in [1.165, 1.54) is 42.0 Å². The molecule has 0 fully saturated rings. The van der Waals surface area contributed by atoms with E-state index >= 15 is 0 Å². The van der Waals surface area contributed by atoms with Gasteiger partial charge in [0.1, 0.15) is 11.5 Å². The molecule has 32 heavy (non-hydrogen) atoms. The van der Waals surface area contributed by atoms with Crippen LogP contribution in [0, 0.1) is 10.1 Å². The number of amides is 1. The number of likely N-dealkylation sites (N-methyl/N-ethyl adjacent to an activating group) is 1. The van der Waals surface area contributed by atoms with E-state index in [0.717, 1.165) is 31.7 Å². The average Bonchev–Trinajstić information content (AvgIpc) is 2.79. The Morgan fingerprint density at radius 3 is 2.25 bits per heavy atom. The average molecular weight is 442 g/mol. The summed E-state index contributed by atoms with van der Waals surface area (Å²) in [5, 5.41) is 10.7. The lowest BCUT2D eigenvalue weighted by atomic mass is 10.2. The molecule has 2 aromatic carbocycles. The van der Waals surface area contributed by atoms with Crippen molar-refractivity contribution in [1.29, 1.82) is 0 Å². The summed E-state index contributed by atoms with van der Waals surface area (Å²) in [5.41, 5.74) is 0.581. The van der Waals surface area contributed by atoms with Crippen molar-refractivity contribution in [2.45, 2.75) is 25.7 Å². The molecule has 8 heteroatoms. The molecule has 0 heterocycles. The third-order valence-corrected chi connectivity index (χ3v) is 4.89. The topological polar surface area (TPSA) is 85.2 Å². The molecule has 0 aliphatic carbocycles. The minimum absolute atomic E-state index is 0.0649. The van der Waals surface area contributed by atoms with Gasteiger partial charge in [-0.25, -0.2) is 4.79 Å². The summed E-state index contributed by atoms with van der Waals surface area (Å²) >= 11 is 0. The van der Waals surface area contributed by atoms with Crippen LogP contribution < -0.4 is 14.4 Å². The van der Waals surface area contributed by atoms with Gasteiger partial charge in [0, 0.05) is 31.4 Å². The number of unbranched alkanes of at least 4 members (excludes halogenated alkanes) is 3. The van der Waals surface area contributed by atoms with E-state index in [1.807, 2.05) is 18.2 Å². The molecule has 1 amide bonds. The number of ether oxygens (including phenoxy) is 2. The van der Waals surface area contributed by atoms with Crippen LogP contribution in [-0.2, 0) is 0 Å². The normalized spacial score (nSPS) is 10.6. The van der Waals surface area contributed by atoms with E-state index in [9.17, 15) is 14.9 Å². The Balaban J connectivity index is 1.71. The molecular formula is C24H31N3O5. The van der Waals surface area contributed by atoms with Crippen LogP contribution in [0.2, 0.25) is 0 Å². The van der Waals surface area contributed by atoms with E-state index in [2.05, 4.69) is 18.5 Å². The van der Waals surface area contributed by atoms with Crippen molar-refractivity contribution >= 4 is 17.5 Å². The van der Waals surface area contributed by atoms with Crippen molar-refractivity contribution < 1.29 is 19.2 Å². The van der Waals surface area contributed by atoms with Crippen LogP contribution in [0.1, 0.15) is 25.7 Å². The number of nitrogens with zero attached hydrogens (tertiary/aromatic N) is 3. The monoisotopic (exact) mass is 441 g/mol. The van der Waals surface area contributed by atoms with Crippen LogP contribution in [0.4, 0.5) is 16.2 Å². The largest absolute Gasteiger partial charge is 0.494 e. The van der Waals surface area contributed by atoms with Gasteiger partial charge in [0.05, 0.1) is 11.5 Å². The number of hydrogen-bond donors (Lipinski definition) is 0. The lowest BCUT2D eigenvalue weighted by Crippen LogP contribution is -2.29. The first-order valence-corrected chi connectivity index (χ1v) is 10.6. The van der Waals surface area contributed by atoms with Gasteiger partial charge in [-0.05, 0) is 62.8 Å². The zero-order valence-electron chi connectivity index (χ0n) is 18.7. The second kappa shape index (κ2) is 13.1. The number of nitro groups is 1. The van der Waals surface area contributed by atoms with Gasteiger partial charge in [-0.2, -0.15) is 0 Å². The third kappa shape index (κ3) is 8.39. The minimum atomic E-state index is -0.591. The van der Waals surface area contributed by atoms with E-state index in [1.54, 1.807) is 19.2 Å². The number of rotatable bonds is 13. The van der Waals surface area contributed by atoms with Crippen LogP contribution in [0.15, 0.2) is 61.2 Å². The zero-order valence-corrected chi connectivity index (χ0v) is 18.7. The molecule has 8 nitrogen and oxygen atoms in total. The summed E-state index contributed by atoms with van der Waals surface area (Å²) in [6.45, 7) is 6.39. The van der Waals surface area contributed by atoms with Crippen LogP contribution in [0.5, 0.6) is 11.5 Å².